The Morgan fingerprint density at radius 3 is 2.10 bits per heavy atom. The van der Waals surface area contributed by atoms with E-state index in [1.54, 1.807) is 14.2 Å². The van der Waals surface area contributed by atoms with Gasteiger partial charge in [-0.25, -0.2) is 0 Å². The van der Waals surface area contributed by atoms with Crippen LogP contribution in [-0.4, -0.2) is 38.8 Å². The Kier molecular flexibility index (Phi) is 13.7. The third-order valence-electron chi connectivity index (χ3n) is 4.99. The first-order valence-electron chi connectivity index (χ1n) is 11.4. The maximum Gasteiger partial charge on any atom is 0.213 e. The molecule has 0 N–H and O–H groups in total. The molecule has 0 spiro atoms. The smallest absolute Gasteiger partial charge is 0.213 e. The molecule has 2 atom stereocenters. The molecule has 2 aliphatic heterocycles. The number of rotatable bonds is 4. The van der Waals surface area contributed by atoms with Gasteiger partial charge in [-0.2, -0.15) is 0 Å². The molecular weight excluding hydrogens is 361 g/mol. The van der Waals surface area contributed by atoms with Crippen molar-refractivity contribution in [2.45, 2.75) is 80.6 Å². The van der Waals surface area contributed by atoms with Gasteiger partial charge in [0.2, 0.25) is 7.41 Å². The van der Waals surface area contributed by atoms with E-state index in [1.807, 2.05) is 47.6 Å². The summed E-state index contributed by atoms with van der Waals surface area (Å²) in [6.07, 6.45) is 2.46. The summed E-state index contributed by atoms with van der Waals surface area (Å²) in [5.74, 6) is 2.62. The number of carbonyl (C=O) groups excluding carboxylic acids is 1. The first kappa shape index (κ1) is 27.5. The van der Waals surface area contributed by atoms with E-state index in [9.17, 15) is 4.79 Å². The van der Waals surface area contributed by atoms with Gasteiger partial charge in [0.05, 0.1) is 14.2 Å². The predicted molar refractivity (Wildman–Crippen MR) is 125 cm³/mol. The summed E-state index contributed by atoms with van der Waals surface area (Å²) in [4.78, 5) is 14.9. The molecule has 0 bridgehead atoms. The van der Waals surface area contributed by atoms with Gasteiger partial charge in [0, 0.05) is 18.4 Å². The van der Waals surface area contributed by atoms with E-state index in [0.29, 0.717) is 18.1 Å². The van der Waals surface area contributed by atoms with E-state index in [0.717, 1.165) is 30.8 Å². The quantitative estimate of drug-likeness (QED) is 0.586. The number of methoxy groups -OCH3 is 2. The molecule has 0 saturated carbocycles. The van der Waals surface area contributed by atoms with Crippen molar-refractivity contribution in [3.05, 3.63) is 23.3 Å². The second-order valence-corrected chi connectivity index (χ2v) is 7.00. The molecule has 1 fully saturated rings. The van der Waals surface area contributed by atoms with Crippen LogP contribution in [0.4, 0.5) is 0 Å². The molecule has 0 amide bonds. The van der Waals surface area contributed by atoms with Crippen LogP contribution in [0.3, 0.4) is 0 Å². The predicted octanol–water partition coefficient (Wildman–Crippen LogP) is 5.89. The lowest BCUT2D eigenvalue weighted by Gasteiger charge is -2.43. The largest absolute Gasteiger partial charge is 0.493 e. The highest BCUT2D eigenvalue weighted by Crippen LogP contribution is 2.41. The standard InChI is InChI=1S/C18H25BNO3.3C2H6/c1-11(2)5-13-10-20-15(8-16(13)21)14-7-18(23-4)17(22-3)6-12(14)9-19-20;3*1-2/h6-7,11,13,15H,5,8-10H2,1-4H3;3*1-2H3. The lowest BCUT2D eigenvalue weighted by molar-refractivity contribution is -0.127. The number of fused-ring (bicyclic) bond motifs is 3. The monoisotopic (exact) mass is 404 g/mol. The summed E-state index contributed by atoms with van der Waals surface area (Å²) in [5, 5.41) is 0. The number of hydrogen-bond donors (Lipinski definition) is 0. The van der Waals surface area contributed by atoms with Gasteiger partial charge in [0.1, 0.15) is 5.78 Å². The summed E-state index contributed by atoms with van der Waals surface area (Å²) >= 11 is 0. The van der Waals surface area contributed by atoms with Crippen molar-refractivity contribution in [2.24, 2.45) is 11.8 Å². The van der Waals surface area contributed by atoms with Crippen LogP contribution in [0.15, 0.2) is 12.1 Å². The molecule has 4 nitrogen and oxygen atoms in total. The zero-order chi connectivity index (χ0) is 22.6. The number of carbonyl (C=O) groups is 1. The Morgan fingerprint density at radius 2 is 1.59 bits per heavy atom. The first-order chi connectivity index (χ1) is 14.0. The van der Waals surface area contributed by atoms with Gasteiger partial charge in [0.25, 0.3) is 0 Å². The molecule has 1 aromatic carbocycles. The number of hydrogen-bond acceptors (Lipinski definition) is 4. The highest BCUT2D eigenvalue weighted by Gasteiger charge is 2.38. The van der Waals surface area contributed by atoms with E-state index in [4.69, 9.17) is 9.47 Å². The van der Waals surface area contributed by atoms with E-state index >= 15 is 0 Å². The van der Waals surface area contributed by atoms with Crippen LogP contribution in [0.2, 0.25) is 0 Å². The highest BCUT2D eigenvalue weighted by molar-refractivity contribution is 6.32. The van der Waals surface area contributed by atoms with Gasteiger partial charge >= 0.3 is 0 Å². The topological polar surface area (TPSA) is 38.8 Å². The van der Waals surface area contributed by atoms with Gasteiger partial charge in [-0.3, -0.25) is 4.79 Å². The Labute approximate surface area is 180 Å². The van der Waals surface area contributed by atoms with Gasteiger partial charge < -0.3 is 14.3 Å². The van der Waals surface area contributed by atoms with Gasteiger partial charge in [0.15, 0.2) is 11.5 Å². The number of piperidine rings is 1. The minimum absolute atomic E-state index is 0.148. The second-order valence-electron chi connectivity index (χ2n) is 7.00. The Bertz CT molecular complexity index is 604. The molecule has 1 saturated heterocycles. The maximum absolute atomic E-state index is 12.6. The van der Waals surface area contributed by atoms with E-state index in [1.165, 1.54) is 11.1 Å². The van der Waals surface area contributed by atoms with Crippen molar-refractivity contribution in [3.63, 3.8) is 0 Å². The third-order valence-corrected chi connectivity index (χ3v) is 4.99. The number of benzene rings is 1. The number of nitrogens with zero attached hydrogens (tertiary/aromatic N) is 1. The molecule has 3 rings (SSSR count). The molecule has 0 aliphatic carbocycles. The van der Waals surface area contributed by atoms with Crippen LogP contribution in [0.5, 0.6) is 11.5 Å². The average Bonchev–Trinajstić information content (AvgIpc) is 2.77. The van der Waals surface area contributed by atoms with Gasteiger partial charge in [-0.1, -0.05) is 55.4 Å². The van der Waals surface area contributed by atoms with E-state index < -0.39 is 0 Å². The number of ketones is 1. The molecule has 2 aliphatic rings. The average molecular weight is 404 g/mol. The third kappa shape index (κ3) is 7.06. The molecule has 1 radical (unpaired) electrons. The van der Waals surface area contributed by atoms with Crippen molar-refractivity contribution in [2.75, 3.05) is 20.8 Å². The number of Topliss-reactive ketones (excluding diaryl/α,β-unsaturated/α-hetero) is 1. The van der Waals surface area contributed by atoms with E-state index in [-0.39, 0.29) is 12.0 Å². The summed E-state index contributed by atoms with van der Waals surface area (Å²) in [6, 6.07) is 4.25. The van der Waals surface area contributed by atoms with Crippen molar-refractivity contribution in [1.29, 1.82) is 0 Å². The summed E-state index contributed by atoms with van der Waals surface area (Å²) in [6.45, 7) is 17.2. The van der Waals surface area contributed by atoms with Crippen molar-refractivity contribution >= 4 is 13.2 Å². The van der Waals surface area contributed by atoms with Crippen molar-refractivity contribution in [1.82, 2.24) is 4.81 Å². The normalized spacial score (nSPS) is 19.6. The molecule has 2 heterocycles. The summed E-state index contributed by atoms with van der Waals surface area (Å²) in [5.41, 5.74) is 2.44. The first-order valence-corrected chi connectivity index (χ1v) is 11.4. The number of ether oxygens (including phenoxy) is 2. The van der Waals surface area contributed by atoms with E-state index in [2.05, 4.69) is 32.1 Å². The summed E-state index contributed by atoms with van der Waals surface area (Å²) in [7, 11) is 5.56. The van der Waals surface area contributed by atoms with Crippen LogP contribution in [0.1, 0.15) is 85.4 Å². The van der Waals surface area contributed by atoms with Crippen LogP contribution >= 0.6 is 0 Å². The molecule has 1 aromatic rings. The molecule has 2 unspecified atom stereocenters. The van der Waals surface area contributed by atoms with Crippen LogP contribution in [0, 0.1) is 11.8 Å². The fourth-order valence-corrected chi connectivity index (χ4v) is 3.86. The van der Waals surface area contributed by atoms with Crippen molar-refractivity contribution in [3.8, 4) is 11.5 Å². The molecule has 0 aromatic heterocycles. The van der Waals surface area contributed by atoms with Crippen molar-refractivity contribution < 1.29 is 14.3 Å². The van der Waals surface area contributed by atoms with Crippen LogP contribution < -0.4 is 9.47 Å². The minimum atomic E-state index is 0.148. The Hall–Kier alpha value is -1.49. The zero-order valence-electron chi connectivity index (χ0n) is 20.5. The van der Waals surface area contributed by atoms with Crippen LogP contribution in [0.25, 0.3) is 0 Å². The SMILES string of the molecule is CC.CC.CC.COc1cc2c(cc1OC)C1CC(=O)C(CC(C)C)CN1[B]C2. The fourth-order valence-electron chi connectivity index (χ4n) is 3.86. The zero-order valence-corrected chi connectivity index (χ0v) is 20.5. The van der Waals surface area contributed by atoms with Gasteiger partial charge in [-0.05, 0) is 48.5 Å². The Balaban J connectivity index is 0.00000120. The highest BCUT2D eigenvalue weighted by atomic mass is 16.5. The Morgan fingerprint density at radius 1 is 1.03 bits per heavy atom. The fraction of sp³-hybridized carbons (Fsp3) is 0.708. The molecular formula is C24H43BNO3. The van der Waals surface area contributed by atoms with Gasteiger partial charge in [-0.15, -0.1) is 0 Å². The lowest BCUT2D eigenvalue weighted by Crippen LogP contribution is -2.48. The summed E-state index contributed by atoms with van der Waals surface area (Å²) < 4.78 is 10.8. The van der Waals surface area contributed by atoms with Crippen LogP contribution in [-0.2, 0) is 11.1 Å². The molecule has 29 heavy (non-hydrogen) atoms. The maximum atomic E-state index is 12.6. The lowest BCUT2D eigenvalue weighted by atomic mass is 9.68. The minimum Gasteiger partial charge on any atom is -0.493 e. The molecule has 165 valence electrons. The second kappa shape index (κ2) is 14.5. The molecule has 5 heteroatoms.